The third kappa shape index (κ3) is 4.29. The van der Waals surface area contributed by atoms with Gasteiger partial charge in [0, 0.05) is 19.2 Å². The maximum Gasteiger partial charge on any atom is 0.265 e. The Morgan fingerprint density at radius 2 is 2.12 bits per heavy atom. The molecule has 1 aromatic heterocycles. The Labute approximate surface area is 146 Å². The summed E-state index contributed by atoms with van der Waals surface area (Å²) in [5.74, 6) is 1.89. The highest BCUT2D eigenvalue weighted by atomic mass is 16.5. The highest BCUT2D eigenvalue weighted by molar-refractivity contribution is 5.97. The molecule has 0 saturated carbocycles. The Hall–Kier alpha value is -3.02. The van der Waals surface area contributed by atoms with Gasteiger partial charge in [0.1, 0.15) is 17.3 Å². The van der Waals surface area contributed by atoms with Crippen molar-refractivity contribution in [2.24, 2.45) is 0 Å². The molecule has 0 bridgehead atoms. The molecule has 1 aliphatic heterocycles. The minimum Gasteiger partial charge on any atom is -0.482 e. The van der Waals surface area contributed by atoms with E-state index in [4.69, 9.17) is 9.15 Å². The van der Waals surface area contributed by atoms with Crippen LogP contribution >= 0.6 is 0 Å². The average molecular weight is 340 g/mol. The minimum atomic E-state index is -0.192. The number of hydrogen-bond donors (Lipinski definition) is 1. The molecular formula is C19H20N2O4. The zero-order valence-corrected chi connectivity index (χ0v) is 14.0. The van der Waals surface area contributed by atoms with Crippen LogP contribution in [0.25, 0.3) is 6.08 Å². The first kappa shape index (κ1) is 16.8. The first-order chi connectivity index (χ1) is 12.1. The van der Waals surface area contributed by atoms with Crippen molar-refractivity contribution in [3.63, 3.8) is 0 Å². The van der Waals surface area contributed by atoms with Crippen molar-refractivity contribution in [2.75, 3.05) is 24.6 Å². The molecule has 0 spiro atoms. The number of fused-ring (bicyclic) bond motifs is 1. The van der Waals surface area contributed by atoms with E-state index in [1.54, 1.807) is 17.0 Å². The van der Waals surface area contributed by atoms with Crippen LogP contribution in [0.5, 0.6) is 5.75 Å². The van der Waals surface area contributed by atoms with Gasteiger partial charge in [0.2, 0.25) is 5.91 Å². The fourth-order valence-electron chi connectivity index (χ4n) is 2.61. The van der Waals surface area contributed by atoms with Crippen molar-refractivity contribution in [1.82, 2.24) is 5.32 Å². The predicted molar refractivity (Wildman–Crippen MR) is 94.4 cm³/mol. The quantitative estimate of drug-likeness (QED) is 0.648. The lowest BCUT2D eigenvalue weighted by Gasteiger charge is -2.29. The van der Waals surface area contributed by atoms with Gasteiger partial charge in [-0.15, -0.1) is 0 Å². The van der Waals surface area contributed by atoms with Crippen molar-refractivity contribution in [2.45, 2.75) is 13.3 Å². The molecule has 25 heavy (non-hydrogen) atoms. The lowest BCUT2D eigenvalue weighted by Crippen LogP contribution is -2.40. The van der Waals surface area contributed by atoms with Crippen molar-refractivity contribution < 1.29 is 18.7 Å². The Kier molecular flexibility index (Phi) is 5.18. The molecule has 1 aliphatic rings. The molecule has 0 saturated heterocycles. The van der Waals surface area contributed by atoms with Crippen LogP contribution in [-0.4, -0.2) is 31.5 Å². The number of para-hydroxylation sites is 2. The molecule has 0 aliphatic carbocycles. The van der Waals surface area contributed by atoms with Gasteiger partial charge >= 0.3 is 0 Å². The van der Waals surface area contributed by atoms with Crippen molar-refractivity contribution in [1.29, 1.82) is 0 Å². The second kappa shape index (κ2) is 7.70. The molecule has 1 aromatic carbocycles. The van der Waals surface area contributed by atoms with Crippen molar-refractivity contribution in [3.05, 3.63) is 54.0 Å². The van der Waals surface area contributed by atoms with Gasteiger partial charge in [-0.25, -0.2) is 0 Å². The summed E-state index contributed by atoms with van der Waals surface area (Å²) < 4.78 is 10.8. The third-order valence-corrected chi connectivity index (χ3v) is 3.83. The van der Waals surface area contributed by atoms with Gasteiger partial charge in [-0.3, -0.25) is 9.59 Å². The summed E-state index contributed by atoms with van der Waals surface area (Å²) in [6, 6.07) is 11.1. The van der Waals surface area contributed by atoms with Gasteiger partial charge in [0.15, 0.2) is 6.61 Å². The number of furan rings is 1. The minimum absolute atomic E-state index is 0.0503. The second-order valence-electron chi connectivity index (χ2n) is 5.73. The molecule has 0 unspecified atom stereocenters. The number of nitrogens with zero attached hydrogens (tertiary/aromatic N) is 1. The first-order valence-corrected chi connectivity index (χ1v) is 8.18. The predicted octanol–water partition coefficient (Wildman–Crippen LogP) is 2.53. The summed E-state index contributed by atoms with van der Waals surface area (Å²) in [7, 11) is 0. The van der Waals surface area contributed by atoms with E-state index >= 15 is 0 Å². The standard InChI is InChI=1S/C19H20N2O4/c1-14-7-8-15(25-14)9-10-18(22)20-11-4-12-21-16-5-2-3-6-17(16)24-13-19(21)23/h2-3,5-10H,4,11-13H2,1H3,(H,20,22). The first-order valence-electron chi connectivity index (χ1n) is 8.18. The van der Waals surface area contributed by atoms with Crippen LogP contribution in [0.1, 0.15) is 17.9 Å². The third-order valence-electron chi connectivity index (χ3n) is 3.83. The van der Waals surface area contributed by atoms with Crippen LogP contribution < -0.4 is 15.0 Å². The number of carbonyl (C=O) groups excluding carboxylic acids is 2. The topological polar surface area (TPSA) is 71.8 Å². The number of carbonyl (C=O) groups is 2. The monoisotopic (exact) mass is 340 g/mol. The molecule has 0 atom stereocenters. The summed E-state index contributed by atoms with van der Waals surface area (Å²) in [5, 5.41) is 2.80. The van der Waals surface area contributed by atoms with E-state index < -0.39 is 0 Å². The van der Waals surface area contributed by atoms with E-state index in [9.17, 15) is 9.59 Å². The van der Waals surface area contributed by atoms with Gasteiger partial charge in [-0.1, -0.05) is 12.1 Å². The molecule has 0 fully saturated rings. The molecule has 3 rings (SSSR count). The van der Waals surface area contributed by atoms with Crippen molar-refractivity contribution >= 4 is 23.6 Å². The zero-order valence-electron chi connectivity index (χ0n) is 14.0. The Morgan fingerprint density at radius 1 is 1.28 bits per heavy atom. The van der Waals surface area contributed by atoms with Gasteiger partial charge in [-0.2, -0.15) is 0 Å². The molecule has 1 N–H and O–H groups in total. The smallest absolute Gasteiger partial charge is 0.265 e. The summed E-state index contributed by atoms with van der Waals surface area (Å²) in [6.45, 7) is 2.91. The number of aryl methyl sites for hydroxylation is 1. The lowest BCUT2D eigenvalue weighted by molar-refractivity contribution is -0.121. The van der Waals surface area contributed by atoms with Crippen LogP contribution in [0.4, 0.5) is 5.69 Å². The molecule has 2 aromatic rings. The van der Waals surface area contributed by atoms with Crippen LogP contribution in [0, 0.1) is 6.92 Å². The normalized spacial score (nSPS) is 13.6. The summed E-state index contributed by atoms with van der Waals surface area (Å²) >= 11 is 0. The maximum atomic E-state index is 12.0. The van der Waals surface area contributed by atoms with E-state index in [0.29, 0.717) is 31.0 Å². The van der Waals surface area contributed by atoms with Crippen LogP contribution in [0.3, 0.4) is 0 Å². The van der Waals surface area contributed by atoms with Crippen LogP contribution in [0.2, 0.25) is 0 Å². The SMILES string of the molecule is Cc1ccc(C=CC(=O)NCCCN2C(=O)COc3ccccc32)o1. The molecule has 2 heterocycles. The number of anilines is 1. The number of nitrogens with one attached hydrogen (secondary N) is 1. The number of ether oxygens (including phenoxy) is 1. The Balaban J connectivity index is 1.46. The largest absolute Gasteiger partial charge is 0.482 e. The fraction of sp³-hybridized carbons (Fsp3) is 0.263. The van der Waals surface area contributed by atoms with Gasteiger partial charge < -0.3 is 19.4 Å². The molecule has 6 nitrogen and oxygen atoms in total. The number of benzene rings is 1. The van der Waals surface area contributed by atoms with Gasteiger partial charge in [-0.05, 0) is 43.7 Å². The van der Waals surface area contributed by atoms with E-state index in [1.807, 2.05) is 37.3 Å². The van der Waals surface area contributed by atoms with E-state index in [0.717, 1.165) is 11.4 Å². The number of rotatable bonds is 6. The molecule has 2 amide bonds. The molecule has 6 heteroatoms. The van der Waals surface area contributed by atoms with Crippen molar-refractivity contribution in [3.8, 4) is 5.75 Å². The number of hydrogen-bond acceptors (Lipinski definition) is 4. The highest BCUT2D eigenvalue weighted by Crippen LogP contribution is 2.31. The highest BCUT2D eigenvalue weighted by Gasteiger charge is 2.24. The molecule has 0 radical (unpaired) electrons. The average Bonchev–Trinajstić information content (AvgIpc) is 3.04. The Bertz CT molecular complexity index is 794. The van der Waals surface area contributed by atoms with E-state index in [2.05, 4.69) is 5.32 Å². The molecule has 130 valence electrons. The van der Waals surface area contributed by atoms with Gasteiger partial charge in [0.05, 0.1) is 5.69 Å². The lowest BCUT2D eigenvalue weighted by atomic mass is 10.2. The Morgan fingerprint density at radius 3 is 2.92 bits per heavy atom. The zero-order chi connectivity index (χ0) is 17.6. The van der Waals surface area contributed by atoms with Crippen LogP contribution in [-0.2, 0) is 9.59 Å². The van der Waals surface area contributed by atoms with E-state index in [-0.39, 0.29) is 18.4 Å². The van der Waals surface area contributed by atoms with Crippen LogP contribution in [0.15, 0.2) is 46.9 Å². The van der Waals surface area contributed by atoms with Gasteiger partial charge in [0.25, 0.3) is 5.91 Å². The maximum absolute atomic E-state index is 12.0. The molecular weight excluding hydrogens is 320 g/mol. The second-order valence-corrected chi connectivity index (χ2v) is 5.73. The summed E-state index contributed by atoms with van der Waals surface area (Å²) in [4.78, 5) is 25.5. The summed E-state index contributed by atoms with van der Waals surface area (Å²) in [6.07, 6.45) is 3.72. The fourth-order valence-corrected chi connectivity index (χ4v) is 2.61. The summed E-state index contributed by atoms with van der Waals surface area (Å²) in [5.41, 5.74) is 0.776. The number of amides is 2. The van der Waals surface area contributed by atoms with E-state index in [1.165, 1.54) is 6.08 Å².